The third-order valence-electron chi connectivity index (χ3n) is 9.27. The lowest BCUT2D eigenvalue weighted by Crippen LogP contribution is -1.94. The molecule has 0 heteroatoms. The number of fused-ring (bicyclic) bond motifs is 8. The van der Waals surface area contributed by atoms with E-state index >= 15 is 0 Å². The van der Waals surface area contributed by atoms with Gasteiger partial charge in [-0.15, -0.1) is 0 Å². The van der Waals surface area contributed by atoms with Gasteiger partial charge in [-0.25, -0.2) is 0 Å². The molecule has 0 aromatic heterocycles. The molecule has 9 aromatic carbocycles. The predicted octanol–water partition coefficient (Wildman–Crippen LogP) is 12.5. The highest BCUT2D eigenvalue weighted by Gasteiger charge is 2.20. The molecule has 44 heavy (non-hydrogen) atoms. The van der Waals surface area contributed by atoms with Crippen LogP contribution in [0, 0.1) is 0 Å². The van der Waals surface area contributed by atoms with Crippen LogP contribution >= 0.6 is 0 Å². The van der Waals surface area contributed by atoms with Gasteiger partial charge < -0.3 is 0 Å². The molecule has 0 bridgehead atoms. The zero-order valence-electron chi connectivity index (χ0n) is 24.2. The molecule has 0 radical (unpaired) electrons. The van der Waals surface area contributed by atoms with E-state index in [4.69, 9.17) is 0 Å². The Hall–Kier alpha value is -5.72. The highest BCUT2D eigenvalue weighted by Crippen LogP contribution is 2.48. The van der Waals surface area contributed by atoms with Gasteiger partial charge >= 0.3 is 0 Å². The molecule has 0 heterocycles. The molecule has 0 aliphatic rings. The van der Waals surface area contributed by atoms with Gasteiger partial charge in [0.2, 0.25) is 0 Å². The first-order valence-electron chi connectivity index (χ1n) is 15.3. The lowest BCUT2D eigenvalue weighted by Gasteiger charge is -2.21. The molecule has 0 aliphatic carbocycles. The summed E-state index contributed by atoms with van der Waals surface area (Å²) < 4.78 is 0. The van der Waals surface area contributed by atoms with Gasteiger partial charge in [0.1, 0.15) is 0 Å². The molecule has 0 saturated heterocycles. The first-order valence-corrected chi connectivity index (χ1v) is 15.3. The zero-order chi connectivity index (χ0) is 29.0. The van der Waals surface area contributed by atoms with Gasteiger partial charge in [-0.05, 0) is 87.2 Å². The van der Waals surface area contributed by atoms with Crippen LogP contribution in [0.1, 0.15) is 0 Å². The fourth-order valence-electron chi connectivity index (χ4n) is 7.36. The fraction of sp³-hybridized carbons (Fsp3) is 0. The molecule has 9 aromatic rings. The van der Waals surface area contributed by atoms with Gasteiger partial charge in [-0.3, -0.25) is 0 Å². The van der Waals surface area contributed by atoms with Crippen LogP contribution in [0.15, 0.2) is 170 Å². The average Bonchev–Trinajstić information content (AvgIpc) is 3.11. The van der Waals surface area contributed by atoms with Crippen molar-refractivity contribution in [1.29, 1.82) is 0 Å². The summed E-state index contributed by atoms with van der Waals surface area (Å²) >= 11 is 0. The molecule has 0 aliphatic heterocycles. The van der Waals surface area contributed by atoms with Crippen LogP contribution in [-0.4, -0.2) is 0 Å². The molecule has 0 fully saturated rings. The Balaban J connectivity index is 1.49. The maximum atomic E-state index is 2.37. The smallest absolute Gasteiger partial charge is 0.00139 e. The van der Waals surface area contributed by atoms with Crippen LogP contribution < -0.4 is 0 Å². The van der Waals surface area contributed by atoms with Gasteiger partial charge in [0.15, 0.2) is 0 Å². The highest BCUT2D eigenvalue weighted by molar-refractivity contribution is 6.30. The molecule has 0 spiro atoms. The molecular weight excluding hydrogens is 528 g/mol. The molecule has 0 unspecified atom stereocenters. The fourth-order valence-corrected chi connectivity index (χ4v) is 7.36. The standard InChI is InChI=1S/C44H28/c1-3-17-31-29(13-1)15-11-25-33(31)34-19-5-7-22-37(34)41-27-28-42-38-23-8-6-20-35(38)36-21-9-10-24-40(36)44(42)43(41)39-26-12-16-30-14-2-4-18-32(30)39/h1-28H. The normalized spacial score (nSPS) is 11.6. The molecule has 0 nitrogen and oxygen atoms in total. The van der Waals surface area contributed by atoms with Crippen LogP contribution in [0.3, 0.4) is 0 Å². The van der Waals surface area contributed by atoms with E-state index in [-0.39, 0.29) is 0 Å². The minimum Gasteiger partial charge on any atom is -0.0616 e. The van der Waals surface area contributed by atoms with E-state index in [0.29, 0.717) is 0 Å². The van der Waals surface area contributed by atoms with Gasteiger partial charge in [0, 0.05) is 0 Å². The summed E-state index contributed by atoms with van der Waals surface area (Å²) in [5.74, 6) is 0. The predicted molar refractivity (Wildman–Crippen MR) is 190 cm³/mol. The van der Waals surface area contributed by atoms with E-state index in [1.54, 1.807) is 0 Å². The van der Waals surface area contributed by atoms with Crippen LogP contribution in [0.4, 0.5) is 0 Å². The van der Waals surface area contributed by atoms with Crippen LogP contribution in [0.2, 0.25) is 0 Å². The Morgan fingerprint density at radius 1 is 0.205 bits per heavy atom. The molecule has 0 N–H and O–H groups in total. The Morgan fingerprint density at radius 3 is 1.23 bits per heavy atom. The van der Waals surface area contributed by atoms with Crippen LogP contribution in [0.25, 0.3) is 87.2 Å². The van der Waals surface area contributed by atoms with E-state index in [9.17, 15) is 0 Å². The maximum absolute atomic E-state index is 2.37. The average molecular weight is 557 g/mol. The van der Waals surface area contributed by atoms with E-state index < -0.39 is 0 Å². The van der Waals surface area contributed by atoms with Crippen molar-refractivity contribution in [3.05, 3.63) is 170 Å². The van der Waals surface area contributed by atoms with E-state index in [1.807, 2.05) is 0 Å². The Bertz CT molecular complexity index is 2510. The van der Waals surface area contributed by atoms with Crippen molar-refractivity contribution >= 4 is 53.9 Å². The largest absolute Gasteiger partial charge is 0.0616 e. The molecule has 204 valence electrons. The SMILES string of the molecule is c1ccc(-c2cccc3ccccc23)c(-c2ccc3c4ccccc4c4ccccc4c3c2-c2cccc3ccccc23)c1. The first kappa shape index (κ1) is 24.8. The lowest BCUT2D eigenvalue weighted by molar-refractivity contribution is 1.61. The second kappa shape index (κ2) is 9.93. The number of rotatable bonds is 3. The van der Waals surface area contributed by atoms with E-state index in [0.717, 1.165) is 0 Å². The van der Waals surface area contributed by atoms with Crippen molar-refractivity contribution in [1.82, 2.24) is 0 Å². The molecule has 9 rings (SSSR count). The summed E-state index contributed by atoms with van der Waals surface area (Å²) in [5, 5.41) is 12.8. The lowest BCUT2D eigenvalue weighted by atomic mass is 9.82. The van der Waals surface area contributed by atoms with E-state index in [2.05, 4.69) is 170 Å². The molecule has 0 saturated carbocycles. The summed E-state index contributed by atoms with van der Waals surface area (Å²) in [6.45, 7) is 0. The Labute approximate surface area is 256 Å². The monoisotopic (exact) mass is 556 g/mol. The first-order chi connectivity index (χ1) is 21.9. The molecule has 0 amide bonds. The van der Waals surface area contributed by atoms with E-state index in [1.165, 1.54) is 87.2 Å². The topological polar surface area (TPSA) is 0 Å². The third-order valence-corrected chi connectivity index (χ3v) is 9.27. The summed E-state index contributed by atoms with van der Waals surface area (Å²) in [5.41, 5.74) is 7.54. The van der Waals surface area contributed by atoms with Crippen molar-refractivity contribution in [2.24, 2.45) is 0 Å². The summed E-state index contributed by atoms with van der Waals surface area (Å²) in [4.78, 5) is 0. The van der Waals surface area contributed by atoms with Crippen molar-refractivity contribution in [2.75, 3.05) is 0 Å². The quantitative estimate of drug-likeness (QED) is 0.190. The van der Waals surface area contributed by atoms with Crippen molar-refractivity contribution < 1.29 is 0 Å². The molecule has 0 atom stereocenters. The number of benzene rings is 9. The minimum atomic E-state index is 1.24. The Morgan fingerprint density at radius 2 is 0.591 bits per heavy atom. The van der Waals surface area contributed by atoms with Gasteiger partial charge in [-0.2, -0.15) is 0 Å². The minimum absolute atomic E-state index is 1.24. The number of hydrogen-bond donors (Lipinski definition) is 0. The zero-order valence-corrected chi connectivity index (χ0v) is 24.2. The van der Waals surface area contributed by atoms with Gasteiger partial charge in [-0.1, -0.05) is 170 Å². The summed E-state index contributed by atoms with van der Waals surface area (Å²) in [6, 6.07) is 62.3. The molecular formula is C44H28. The van der Waals surface area contributed by atoms with Crippen molar-refractivity contribution in [3.63, 3.8) is 0 Å². The van der Waals surface area contributed by atoms with Crippen LogP contribution in [-0.2, 0) is 0 Å². The van der Waals surface area contributed by atoms with Gasteiger partial charge in [0.05, 0.1) is 0 Å². The number of hydrogen-bond acceptors (Lipinski definition) is 0. The highest BCUT2D eigenvalue weighted by atomic mass is 14.2. The second-order valence-corrected chi connectivity index (χ2v) is 11.6. The van der Waals surface area contributed by atoms with Gasteiger partial charge in [0.25, 0.3) is 0 Å². The second-order valence-electron chi connectivity index (χ2n) is 11.6. The van der Waals surface area contributed by atoms with Crippen molar-refractivity contribution in [2.45, 2.75) is 0 Å². The summed E-state index contributed by atoms with van der Waals surface area (Å²) in [7, 11) is 0. The Kier molecular flexibility index (Phi) is 5.61. The van der Waals surface area contributed by atoms with Crippen LogP contribution in [0.5, 0.6) is 0 Å². The third kappa shape index (κ3) is 3.71. The van der Waals surface area contributed by atoms with Crippen molar-refractivity contribution in [3.8, 4) is 33.4 Å². The maximum Gasteiger partial charge on any atom is -0.00139 e. The summed E-state index contributed by atoms with van der Waals surface area (Å²) in [6.07, 6.45) is 0.